The van der Waals surface area contributed by atoms with Gasteiger partial charge in [0.15, 0.2) is 0 Å². The standard InChI is InChI=1S/C13H20N4S/c1-3-6-15-13(10-14)5-4-11(7-13)18-12-8-16-17(2)9-12/h8-9,11,15H,3-7H2,1-2H3. The molecule has 0 aromatic carbocycles. The van der Waals surface area contributed by atoms with Gasteiger partial charge < -0.3 is 0 Å². The fourth-order valence-electron chi connectivity index (χ4n) is 2.42. The molecule has 4 nitrogen and oxygen atoms in total. The Bertz CT molecular complexity index is 436. The molecule has 2 unspecified atom stereocenters. The summed E-state index contributed by atoms with van der Waals surface area (Å²) in [6.45, 7) is 3.06. The average Bonchev–Trinajstić information content (AvgIpc) is 2.95. The van der Waals surface area contributed by atoms with Crippen LogP contribution in [0.3, 0.4) is 0 Å². The van der Waals surface area contributed by atoms with E-state index < -0.39 is 0 Å². The fourth-order valence-corrected chi connectivity index (χ4v) is 3.73. The van der Waals surface area contributed by atoms with Crippen molar-refractivity contribution in [3.63, 3.8) is 0 Å². The second-order valence-electron chi connectivity index (χ2n) is 4.95. The fraction of sp³-hybridized carbons (Fsp3) is 0.692. The maximum absolute atomic E-state index is 9.39. The molecule has 1 saturated carbocycles. The molecule has 5 heteroatoms. The predicted octanol–water partition coefficient (Wildman–Crippen LogP) is 2.33. The SMILES string of the molecule is CCCNC1(C#N)CCC(Sc2cnn(C)c2)C1. The highest BCUT2D eigenvalue weighted by Crippen LogP contribution is 2.39. The average molecular weight is 264 g/mol. The first-order valence-corrected chi connectivity index (χ1v) is 7.37. The minimum atomic E-state index is -0.296. The number of hydrogen-bond donors (Lipinski definition) is 1. The first-order valence-electron chi connectivity index (χ1n) is 6.49. The molecule has 0 aliphatic heterocycles. The van der Waals surface area contributed by atoms with Crippen LogP contribution in [0, 0.1) is 11.3 Å². The largest absolute Gasteiger partial charge is 0.299 e. The van der Waals surface area contributed by atoms with E-state index in [4.69, 9.17) is 0 Å². The van der Waals surface area contributed by atoms with Gasteiger partial charge in [0, 0.05) is 23.4 Å². The van der Waals surface area contributed by atoms with Crippen LogP contribution in [0.25, 0.3) is 0 Å². The number of nitrogens with one attached hydrogen (secondary N) is 1. The molecule has 1 fully saturated rings. The molecule has 2 atom stereocenters. The zero-order valence-corrected chi connectivity index (χ0v) is 11.8. The Labute approximate surface area is 113 Å². The van der Waals surface area contributed by atoms with E-state index in [0.29, 0.717) is 5.25 Å². The van der Waals surface area contributed by atoms with Crippen molar-refractivity contribution >= 4 is 11.8 Å². The molecule has 2 rings (SSSR count). The van der Waals surface area contributed by atoms with Gasteiger partial charge in [0.25, 0.3) is 0 Å². The summed E-state index contributed by atoms with van der Waals surface area (Å²) < 4.78 is 1.82. The topological polar surface area (TPSA) is 53.6 Å². The van der Waals surface area contributed by atoms with E-state index in [1.807, 2.05) is 35.9 Å². The van der Waals surface area contributed by atoms with Gasteiger partial charge in [0.1, 0.15) is 5.54 Å². The van der Waals surface area contributed by atoms with Gasteiger partial charge in [0.2, 0.25) is 0 Å². The maximum Gasteiger partial charge on any atom is 0.107 e. The lowest BCUT2D eigenvalue weighted by Crippen LogP contribution is -2.42. The first-order chi connectivity index (χ1) is 8.67. The van der Waals surface area contributed by atoms with Crippen molar-refractivity contribution in [1.29, 1.82) is 5.26 Å². The molecule has 1 aliphatic carbocycles. The quantitative estimate of drug-likeness (QED) is 0.887. The van der Waals surface area contributed by atoms with Crippen LogP contribution in [-0.4, -0.2) is 27.1 Å². The highest BCUT2D eigenvalue weighted by Gasteiger charge is 2.39. The summed E-state index contributed by atoms with van der Waals surface area (Å²) in [7, 11) is 1.93. The van der Waals surface area contributed by atoms with Gasteiger partial charge in [-0.25, -0.2) is 0 Å². The normalized spacial score (nSPS) is 27.3. The second kappa shape index (κ2) is 5.77. The highest BCUT2D eigenvalue weighted by molar-refractivity contribution is 8.00. The summed E-state index contributed by atoms with van der Waals surface area (Å²) in [5.74, 6) is 0. The molecule has 0 amide bonds. The van der Waals surface area contributed by atoms with Crippen LogP contribution in [0.1, 0.15) is 32.6 Å². The highest BCUT2D eigenvalue weighted by atomic mass is 32.2. The van der Waals surface area contributed by atoms with Crippen molar-refractivity contribution in [2.24, 2.45) is 7.05 Å². The number of aromatic nitrogens is 2. The van der Waals surface area contributed by atoms with Crippen molar-refractivity contribution in [2.45, 2.75) is 48.3 Å². The Morgan fingerprint density at radius 1 is 1.72 bits per heavy atom. The zero-order valence-electron chi connectivity index (χ0n) is 11.0. The summed E-state index contributed by atoms with van der Waals surface area (Å²) in [6.07, 6.45) is 8.01. The Morgan fingerprint density at radius 2 is 2.56 bits per heavy atom. The monoisotopic (exact) mass is 264 g/mol. The summed E-state index contributed by atoms with van der Waals surface area (Å²) in [6, 6.07) is 2.49. The van der Waals surface area contributed by atoms with Gasteiger partial charge in [-0.3, -0.25) is 10.00 Å². The van der Waals surface area contributed by atoms with Gasteiger partial charge >= 0.3 is 0 Å². The molecule has 0 radical (unpaired) electrons. The van der Waals surface area contributed by atoms with Crippen LogP contribution in [0.15, 0.2) is 17.3 Å². The summed E-state index contributed by atoms with van der Waals surface area (Å²) >= 11 is 1.85. The number of thioether (sulfide) groups is 1. The Balaban J connectivity index is 1.92. The van der Waals surface area contributed by atoms with E-state index in [1.165, 1.54) is 4.90 Å². The van der Waals surface area contributed by atoms with E-state index in [9.17, 15) is 5.26 Å². The smallest absolute Gasteiger partial charge is 0.107 e. The number of hydrogen-bond acceptors (Lipinski definition) is 4. The van der Waals surface area contributed by atoms with Gasteiger partial charge in [-0.05, 0) is 32.2 Å². The van der Waals surface area contributed by atoms with Crippen LogP contribution >= 0.6 is 11.8 Å². The van der Waals surface area contributed by atoms with E-state index in [1.54, 1.807) is 0 Å². The summed E-state index contributed by atoms with van der Waals surface area (Å²) in [5, 5.41) is 17.5. The van der Waals surface area contributed by atoms with Crippen molar-refractivity contribution in [2.75, 3.05) is 6.54 Å². The Kier molecular flexibility index (Phi) is 4.31. The summed E-state index contributed by atoms with van der Waals surface area (Å²) in [4.78, 5) is 1.20. The molecule has 0 spiro atoms. The lowest BCUT2D eigenvalue weighted by molar-refractivity contribution is 0.424. The van der Waals surface area contributed by atoms with E-state index in [-0.39, 0.29) is 5.54 Å². The molecule has 1 aromatic heterocycles. The van der Waals surface area contributed by atoms with Gasteiger partial charge in [-0.15, -0.1) is 11.8 Å². The van der Waals surface area contributed by atoms with Gasteiger partial charge in [0.05, 0.1) is 12.3 Å². The Morgan fingerprint density at radius 3 is 3.17 bits per heavy atom. The molecule has 0 bridgehead atoms. The minimum Gasteiger partial charge on any atom is -0.299 e. The summed E-state index contributed by atoms with van der Waals surface area (Å²) in [5.41, 5.74) is -0.296. The number of nitrogens with zero attached hydrogens (tertiary/aromatic N) is 3. The van der Waals surface area contributed by atoms with Crippen LogP contribution in [0.2, 0.25) is 0 Å². The van der Waals surface area contributed by atoms with E-state index in [2.05, 4.69) is 23.4 Å². The van der Waals surface area contributed by atoms with Crippen LogP contribution in [0.5, 0.6) is 0 Å². The molecule has 0 saturated heterocycles. The number of nitriles is 1. The third-order valence-electron chi connectivity index (χ3n) is 3.38. The molecule has 1 N–H and O–H groups in total. The number of aryl methyl sites for hydroxylation is 1. The van der Waals surface area contributed by atoms with Gasteiger partial charge in [-0.2, -0.15) is 10.4 Å². The van der Waals surface area contributed by atoms with Gasteiger partial charge in [-0.1, -0.05) is 6.92 Å². The molecule has 1 aromatic rings. The third kappa shape index (κ3) is 3.06. The zero-order chi connectivity index (χ0) is 13.0. The van der Waals surface area contributed by atoms with E-state index in [0.717, 1.165) is 32.2 Å². The molecule has 1 heterocycles. The van der Waals surface area contributed by atoms with Crippen LogP contribution in [0.4, 0.5) is 0 Å². The molecule has 18 heavy (non-hydrogen) atoms. The number of rotatable bonds is 5. The van der Waals surface area contributed by atoms with Crippen molar-refractivity contribution < 1.29 is 0 Å². The molecule has 1 aliphatic rings. The lowest BCUT2D eigenvalue weighted by Gasteiger charge is -2.22. The maximum atomic E-state index is 9.39. The van der Waals surface area contributed by atoms with E-state index >= 15 is 0 Å². The van der Waals surface area contributed by atoms with Crippen molar-refractivity contribution in [3.05, 3.63) is 12.4 Å². The molecular weight excluding hydrogens is 244 g/mol. The molecule has 98 valence electrons. The van der Waals surface area contributed by atoms with Crippen molar-refractivity contribution in [1.82, 2.24) is 15.1 Å². The van der Waals surface area contributed by atoms with Crippen LogP contribution in [-0.2, 0) is 7.05 Å². The van der Waals surface area contributed by atoms with Crippen LogP contribution < -0.4 is 5.32 Å². The predicted molar refractivity (Wildman–Crippen MR) is 73.3 cm³/mol. The lowest BCUT2D eigenvalue weighted by atomic mass is 10.00. The Hall–Kier alpha value is -0.990. The second-order valence-corrected chi connectivity index (χ2v) is 6.33. The first kappa shape index (κ1) is 13.4. The van der Waals surface area contributed by atoms with Crippen molar-refractivity contribution in [3.8, 4) is 6.07 Å². The minimum absolute atomic E-state index is 0.296. The third-order valence-corrected chi connectivity index (χ3v) is 4.60. The molecular formula is C13H20N4S.